The highest BCUT2D eigenvalue weighted by Crippen LogP contribution is 2.28. The molecule has 106 valence electrons. The first-order valence-electron chi connectivity index (χ1n) is 5.35. The number of hydrogen-bond donors (Lipinski definition) is 2. The van der Waals surface area contributed by atoms with Crippen molar-refractivity contribution in [2.24, 2.45) is 0 Å². The van der Waals surface area contributed by atoms with Crippen molar-refractivity contribution in [2.45, 2.75) is 10.6 Å². The van der Waals surface area contributed by atoms with Crippen LogP contribution in [0.5, 0.6) is 0 Å². The van der Waals surface area contributed by atoms with E-state index >= 15 is 0 Å². The van der Waals surface area contributed by atoms with Gasteiger partial charge in [0.1, 0.15) is 4.21 Å². The maximum absolute atomic E-state index is 12.0. The first-order valence-corrected chi connectivity index (χ1v) is 8.84. The smallest absolute Gasteiger partial charge is 0.273 e. The molecule has 0 aliphatic carbocycles. The number of aromatic nitrogens is 1. The lowest BCUT2D eigenvalue weighted by Crippen LogP contribution is -2.10. The summed E-state index contributed by atoms with van der Waals surface area (Å²) in [4.78, 5) is 4.57. The number of aliphatic hydroxyl groups excluding tert-OH is 1. The number of thiophene rings is 1. The fraction of sp³-hybridized carbons (Fsp3) is 0.182. The number of nitrogens with zero attached hydrogens (tertiary/aromatic N) is 1. The van der Waals surface area contributed by atoms with E-state index < -0.39 is 10.0 Å². The molecule has 0 bridgehead atoms. The molecule has 0 spiro atoms. The van der Waals surface area contributed by atoms with Crippen molar-refractivity contribution in [2.75, 3.05) is 11.3 Å². The minimum Gasteiger partial charge on any atom is -0.395 e. The third-order valence-corrected chi connectivity index (χ3v) is 6.01. The lowest BCUT2D eigenvalue weighted by molar-refractivity contribution is 0.305. The number of anilines is 1. The van der Waals surface area contributed by atoms with Gasteiger partial charge in [-0.15, -0.1) is 11.3 Å². The number of sulfonamides is 1. The Balaban J connectivity index is 2.13. The van der Waals surface area contributed by atoms with Gasteiger partial charge in [0.2, 0.25) is 0 Å². The van der Waals surface area contributed by atoms with E-state index in [0.29, 0.717) is 15.6 Å². The van der Waals surface area contributed by atoms with E-state index in [4.69, 9.17) is 16.7 Å². The van der Waals surface area contributed by atoms with E-state index in [1.54, 1.807) is 0 Å². The van der Waals surface area contributed by atoms with Crippen LogP contribution in [0.3, 0.4) is 0 Å². The van der Waals surface area contributed by atoms with Crippen LogP contribution < -0.4 is 4.72 Å². The molecule has 2 heterocycles. The van der Waals surface area contributed by atoms with Gasteiger partial charge in [-0.3, -0.25) is 4.72 Å². The van der Waals surface area contributed by atoms with Gasteiger partial charge in [-0.1, -0.05) is 34.8 Å². The molecule has 5 nitrogen and oxygen atoms in total. The molecule has 2 aromatic heterocycles. The van der Waals surface area contributed by atoms with Crippen LogP contribution in [0, 0.1) is 11.8 Å². The third kappa shape index (κ3) is 3.94. The summed E-state index contributed by atoms with van der Waals surface area (Å²) in [6, 6.07) is 2.96. The molecule has 0 saturated heterocycles. The average Bonchev–Trinajstić information content (AvgIpc) is 2.99. The normalized spacial score (nSPS) is 10.9. The fourth-order valence-corrected chi connectivity index (χ4v) is 4.61. The first-order chi connectivity index (χ1) is 9.51. The zero-order chi connectivity index (χ0) is 14.6. The summed E-state index contributed by atoms with van der Waals surface area (Å²) in [5, 5.41) is 8.85. The van der Waals surface area contributed by atoms with Crippen LogP contribution in [-0.2, 0) is 10.0 Å². The molecule has 0 saturated carbocycles. The molecule has 2 rings (SSSR count). The van der Waals surface area contributed by atoms with Crippen molar-refractivity contribution in [3.63, 3.8) is 0 Å². The summed E-state index contributed by atoms with van der Waals surface area (Å²) in [6.07, 6.45) is 1.85. The third-order valence-electron chi connectivity index (χ3n) is 1.99. The lowest BCUT2D eigenvalue weighted by atomic mass is 10.4. The van der Waals surface area contributed by atoms with E-state index in [9.17, 15) is 8.42 Å². The Morgan fingerprint density at radius 2 is 2.20 bits per heavy atom. The molecule has 0 amide bonds. The van der Waals surface area contributed by atoms with Crippen LogP contribution in [0.1, 0.15) is 11.3 Å². The van der Waals surface area contributed by atoms with Gasteiger partial charge in [0, 0.05) is 6.42 Å². The van der Waals surface area contributed by atoms with Gasteiger partial charge in [-0.2, -0.15) is 0 Å². The predicted octanol–water partition coefficient (Wildman–Crippen LogP) is 2.39. The second-order valence-electron chi connectivity index (χ2n) is 3.47. The second kappa shape index (κ2) is 6.56. The van der Waals surface area contributed by atoms with Crippen LogP contribution in [0.2, 0.25) is 4.34 Å². The Labute approximate surface area is 129 Å². The number of halogens is 1. The Kier molecular flexibility index (Phi) is 5.01. The number of aliphatic hydroxyl groups is 1. The fourth-order valence-electron chi connectivity index (χ4n) is 1.19. The summed E-state index contributed by atoms with van der Waals surface area (Å²) < 4.78 is 27.0. The lowest BCUT2D eigenvalue weighted by Gasteiger charge is -2.00. The highest BCUT2D eigenvalue weighted by Gasteiger charge is 2.18. The molecule has 0 fully saturated rings. The van der Waals surface area contributed by atoms with Crippen LogP contribution in [0.15, 0.2) is 22.5 Å². The molecule has 0 aliphatic rings. The predicted molar refractivity (Wildman–Crippen MR) is 80.8 cm³/mol. The quantitative estimate of drug-likeness (QED) is 0.831. The molecule has 9 heteroatoms. The Morgan fingerprint density at radius 3 is 2.85 bits per heavy atom. The van der Waals surface area contributed by atoms with E-state index in [0.717, 1.165) is 22.7 Å². The number of thiazole rings is 1. The summed E-state index contributed by atoms with van der Waals surface area (Å²) in [7, 11) is -3.66. The van der Waals surface area contributed by atoms with Crippen molar-refractivity contribution < 1.29 is 13.5 Å². The minimum absolute atomic E-state index is 0.00950. The molecule has 0 atom stereocenters. The SMILES string of the molecule is O=S(=O)(Nc1ncc(C#CCCO)s1)c1ccc(Cl)s1. The van der Waals surface area contributed by atoms with E-state index in [1.165, 1.54) is 18.3 Å². The topological polar surface area (TPSA) is 79.3 Å². The molecule has 0 unspecified atom stereocenters. The molecular formula is C11H9ClN2O3S3. The second-order valence-corrected chi connectivity index (χ2v) is 8.12. The average molecular weight is 349 g/mol. The van der Waals surface area contributed by atoms with Crippen molar-refractivity contribution in [3.05, 3.63) is 27.5 Å². The number of rotatable bonds is 4. The van der Waals surface area contributed by atoms with Gasteiger partial charge in [0.05, 0.1) is 22.0 Å². The summed E-state index contributed by atoms with van der Waals surface area (Å²) in [5.74, 6) is 5.53. The Hall–Kier alpha value is -1.11. The minimum atomic E-state index is -3.66. The monoisotopic (exact) mass is 348 g/mol. The van der Waals surface area contributed by atoms with Crippen molar-refractivity contribution in [1.82, 2.24) is 4.98 Å². The van der Waals surface area contributed by atoms with E-state index in [2.05, 4.69) is 21.5 Å². The van der Waals surface area contributed by atoms with Crippen LogP contribution >= 0.6 is 34.3 Å². The molecular weight excluding hydrogens is 340 g/mol. The zero-order valence-electron chi connectivity index (χ0n) is 9.96. The molecule has 2 N–H and O–H groups in total. The van der Waals surface area contributed by atoms with E-state index in [-0.39, 0.29) is 15.9 Å². The molecule has 20 heavy (non-hydrogen) atoms. The number of hydrogen-bond acceptors (Lipinski definition) is 6. The Bertz CT molecular complexity index is 755. The van der Waals surface area contributed by atoms with Gasteiger partial charge in [-0.05, 0) is 12.1 Å². The van der Waals surface area contributed by atoms with Gasteiger partial charge in [0.15, 0.2) is 5.13 Å². The number of nitrogens with one attached hydrogen (secondary N) is 1. The van der Waals surface area contributed by atoms with E-state index in [1.807, 2.05) is 0 Å². The van der Waals surface area contributed by atoms with Crippen LogP contribution in [0.4, 0.5) is 5.13 Å². The summed E-state index contributed by atoms with van der Waals surface area (Å²) in [6.45, 7) is -0.00950. The molecule has 0 aromatic carbocycles. The van der Waals surface area contributed by atoms with Crippen molar-refractivity contribution in [1.29, 1.82) is 0 Å². The van der Waals surface area contributed by atoms with Gasteiger partial charge in [-0.25, -0.2) is 13.4 Å². The van der Waals surface area contributed by atoms with Gasteiger partial charge in [0.25, 0.3) is 10.0 Å². The summed E-state index contributed by atoms with van der Waals surface area (Å²) >= 11 is 7.82. The molecule has 0 radical (unpaired) electrons. The molecule has 2 aromatic rings. The maximum Gasteiger partial charge on any atom is 0.273 e. The van der Waals surface area contributed by atoms with Crippen molar-refractivity contribution >= 4 is 49.4 Å². The maximum atomic E-state index is 12.0. The standard InChI is InChI=1S/C11H9ClN2O3S3/c12-9-4-5-10(19-9)20(16,17)14-11-13-7-8(18-11)3-1-2-6-15/h4-5,7,15H,2,6H2,(H,13,14). The van der Waals surface area contributed by atoms with Gasteiger partial charge >= 0.3 is 0 Å². The van der Waals surface area contributed by atoms with Gasteiger partial charge < -0.3 is 5.11 Å². The van der Waals surface area contributed by atoms with Crippen molar-refractivity contribution in [3.8, 4) is 11.8 Å². The highest BCUT2D eigenvalue weighted by atomic mass is 35.5. The molecule has 0 aliphatic heterocycles. The van der Waals surface area contributed by atoms with Crippen LogP contribution in [-0.4, -0.2) is 25.1 Å². The zero-order valence-corrected chi connectivity index (χ0v) is 13.2. The largest absolute Gasteiger partial charge is 0.395 e. The highest BCUT2D eigenvalue weighted by molar-refractivity contribution is 7.94. The first kappa shape index (κ1) is 15.3. The summed E-state index contributed by atoms with van der Waals surface area (Å²) in [5.41, 5.74) is 0. The van der Waals surface area contributed by atoms with Crippen LogP contribution in [0.25, 0.3) is 0 Å². The Morgan fingerprint density at radius 1 is 1.40 bits per heavy atom.